The Morgan fingerprint density at radius 2 is 2.20 bits per heavy atom. The molecule has 0 unspecified atom stereocenters. The Morgan fingerprint density at radius 1 is 1.53 bits per heavy atom. The van der Waals surface area contributed by atoms with E-state index in [0.29, 0.717) is 6.23 Å². The van der Waals surface area contributed by atoms with E-state index in [2.05, 4.69) is 6.92 Å². The van der Waals surface area contributed by atoms with Crippen LogP contribution in [-0.4, -0.2) is 12.2 Å². The van der Waals surface area contributed by atoms with Crippen molar-refractivity contribution >= 4 is 27.6 Å². The molecule has 1 aromatic rings. The van der Waals surface area contributed by atoms with Crippen molar-refractivity contribution in [1.29, 1.82) is 0 Å². The Morgan fingerprint density at radius 3 is 2.73 bits per heavy atom. The molecule has 0 fully saturated rings. The number of esters is 1. The molecule has 0 atom stereocenters. The van der Waals surface area contributed by atoms with Gasteiger partial charge in [-0.25, -0.2) is 0 Å². The molecule has 0 bridgehead atoms. The summed E-state index contributed by atoms with van der Waals surface area (Å²) in [5.74, 6) is -0.516. The van der Waals surface area contributed by atoms with Gasteiger partial charge in [-0.3, -0.25) is 11.7 Å². The van der Waals surface area contributed by atoms with Gasteiger partial charge in [0.05, 0.1) is 0 Å². The maximum atomic E-state index is 10.5. The van der Waals surface area contributed by atoms with Crippen molar-refractivity contribution in [1.82, 2.24) is 0 Å². The van der Waals surface area contributed by atoms with Crippen LogP contribution in [0.2, 0.25) is 0 Å². The molecule has 2 nitrogen and oxygen atoms in total. The van der Waals surface area contributed by atoms with Crippen LogP contribution in [0.1, 0.15) is 6.93 Å². The second-order valence-electron chi connectivity index (χ2n) is 2.51. The SMILES string of the molecule is [2H]CSSc1ccc(COC([CH2-])=O)cc1.[V]. The number of carbonyl (C=O) groups excluding carboxylic acids is 1. The summed E-state index contributed by atoms with van der Waals surface area (Å²) in [6.07, 6.45) is 0.339. The molecule has 0 saturated carbocycles. The van der Waals surface area contributed by atoms with E-state index in [9.17, 15) is 4.79 Å². The Hall–Kier alpha value is -0.156. The van der Waals surface area contributed by atoms with Crippen molar-refractivity contribution in [3.63, 3.8) is 0 Å². The number of ether oxygens (including phenoxy) is 1. The maximum Gasteiger partial charge on any atom is 0.164 e. The Kier molecular flexibility index (Phi) is 6.93. The molecule has 0 aliphatic rings. The molecule has 0 aliphatic carbocycles. The van der Waals surface area contributed by atoms with Crippen molar-refractivity contribution in [2.45, 2.75) is 11.5 Å². The minimum absolute atomic E-state index is 0. The fourth-order valence-corrected chi connectivity index (χ4v) is 2.00. The van der Waals surface area contributed by atoms with Crippen LogP contribution < -0.4 is 0 Å². The van der Waals surface area contributed by atoms with Crippen LogP contribution in [0.15, 0.2) is 29.2 Å². The summed E-state index contributed by atoms with van der Waals surface area (Å²) in [6.45, 7) is 3.38. The fourth-order valence-electron chi connectivity index (χ4n) is 0.873. The fraction of sp³-hybridized carbons (Fsp3) is 0.200. The van der Waals surface area contributed by atoms with Gasteiger partial charge >= 0.3 is 0 Å². The molecular weight excluding hydrogens is 267 g/mol. The summed E-state index contributed by atoms with van der Waals surface area (Å²) in [5, 5.41) is 0. The number of benzene rings is 1. The molecule has 0 N–H and O–H groups in total. The Labute approximate surface area is 111 Å². The molecule has 1 radical (unpaired) electrons. The molecule has 0 spiro atoms. The summed E-state index contributed by atoms with van der Waals surface area (Å²) >= 11 is 0. The maximum absolute atomic E-state index is 10.5. The van der Waals surface area contributed by atoms with Gasteiger partial charge in [0.2, 0.25) is 0 Å². The van der Waals surface area contributed by atoms with Crippen molar-refractivity contribution in [3.05, 3.63) is 36.8 Å². The van der Waals surface area contributed by atoms with Crippen molar-refractivity contribution < 1.29 is 29.5 Å². The second-order valence-corrected chi connectivity index (χ2v) is 4.59. The monoisotopic (exact) mass is 279 g/mol. The van der Waals surface area contributed by atoms with E-state index in [0.717, 1.165) is 10.5 Å². The minimum Gasteiger partial charge on any atom is -0.484 e. The van der Waals surface area contributed by atoms with Crippen LogP contribution in [0, 0.1) is 6.92 Å². The van der Waals surface area contributed by atoms with E-state index < -0.39 is 5.97 Å². The van der Waals surface area contributed by atoms with E-state index in [1.165, 1.54) is 10.8 Å². The molecule has 15 heavy (non-hydrogen) atoms. The van der Waals surface area contributed by atoms with Gasteiger partial charge in [-0.1, -0.05) is 33.7 Å². The predicted octanol–water partition coefficient (Wildman–Crippen LogP) is 2.93. The van der Waals surface area contributed by atoms with Crippen molar-refractivity contribution in [2.24, 2.45) is 0 Å². The molecule has 1 aromatic carbocycles. The standard InChI is InChI=1S/C10H11O2S2.V/c1-8(11)12-7-9-3-5-10(6-4-9)14-13-2;/h3-6H,1,7H2,2H3;/q-1;/i2D;. The van der Waals surface area contributed by atoms with Crippen LogP contribution in [-0.2, 0) is 34.7 Å². The average molecular weight is 279 g/mol. The van der Waals surface area contributed by atoms with Gasteiger partial charge in [0.15, 0.2) is 5.97 Å². The quantitative estimate of drug-likeness (QED) is 0.481. The van der Waals surface area contributed by atoms with E-state index in [1.807, 2.05) is 24.3 Å². The number of hydrogen-bond acceptors (Lipinski definition) is 4. The van der Waals surface area contributed by atoms with Gasteiger partial charge in [-0.2, -0.15) is 0 Å². The van der Waals surface area contributed by atoms with Gasteiger partial charge in [-0.15, -0.1) is 0 Å². The first-order chi connectivity index (χ1) is 7.22. The van der Waals surface area contributed by atoms with Crippen LogP contribution in [0.4, 0.5) is 0 Å². The van der Waals surface area contributed by atoms with Crippen molar-refractivity contribution in [2.75, 3.05) is 6.23 Å². The number of carbonyl (C=O) groups is 1. The first kappa shape index (κ1) is 12.9. The van der Waals surface area contributed by atoms with Crippen LogP contribution in [0.3, 0.4) is 0 Å². The largest absolute Gasteiger partial charge is 0.484 e. The topological polar surface area (TPSA) is 26.3 Å². The van der Waals surface area contributed by atoms with Crippen molar-refractivity contribution in [3.8, 4) is 0 Å². The smallest absolute Gasteiger partial charge is 0.164 e. The van der Waals surface area contributed by atoms with Gasteiger partial charge < -0.3 is 4.74 Å². The van der Waals surface area contributed by atoms with Crippen LogP contribution in [0.25, 0.3) is 0 Å². The summed E-state index contributed by atoms with van der Waals surface area (Å²) in [5.41, 5.74) is 0.937. The average Bonchev–Trinajstić information content (AvgIpc) is 2.25. The molecular formula is C10H11O2S2V-. The molecule has 81 valence electrons. The molecule has 0 saturated heterocycles. The Balaban J connectivity index is 0.00000225. The predicted molar refractivity (Wildman–Crippen MR) is 61.0 cm³/mol. The third-order valence-corrected chi connectivity index (χ3v) is 2.99. The molecule has 0 heterocycles. The molecule has 0 aliphatic heterocycles. The second kappa shape index (κ2) is 8.05. The molecule has 5 heteroatoms. The number of hydrogen-bond donors (Lipinski definition) is 0. The normalized spacial score (nSPS) is 10.0. The zero-order chi connectivity index (χ0) is 11.1. The third kappa shape index (κ3) is 6.10. The van der Waals surface area contributed by atoms with Gasteiger partial charge in [0, 0.05) is 24.8 Å². The van der Waals surface area contributed by atoms with Gasteiger partial charge in [0.1, 0.15) is 6.61 Å². The van der Waals surface area contributed by atoms with Crippen LogP contribution >= 0.6 is 21.6 Å². The van der Waals surface area contributed by atoms with E-state index in [4.69, 9.17) is 6.11 Å². The first-order valence-electron chi connectivity index (χ1n) is 4.59. The minimum atomic E-state index is -0.516. The summed E-state index contributed by atoms with van der Waals surface area (Å²) in [6, 6.07) is 7.69. The number of rotatable bonds is 4. The molecule has 0 amide bonds. The van der Waals surface area contributed by atoms with Gasteiger partial charge in [0.25, 0.3) is 0 Å². The molecule has 1 rings (SSSR count). The summed E-state index contributed by atoms with van der Waals surface area (Å²) in [7, 11) is 3.04. The van der Waals surface area contributed by atoms with E-state index in [-0.39, 0.29) is 25.2 Å². The van der Waals surface area contributed by atoms with Crippen LogP contribution in [0.5, 0.6) is 0 Å². The summed E-state index contributed by atoms with van der Waals surface area (Å²) in [4.78, 5) is 11.6. The zero-order valence-corrected chi connectivity index (χ0v) is 11.0. The molecule has 0 aromatic heterocycles. The zero-order valence-electron chi connectivity index (χ0n) is 9.01. The van der Waals surface area contributed by atoms with Gasteiger partial charge in [-0.05, 0) is 23.9 Å². The summed E-state index contributed by atoms with van der Waals surface area (Å²) < 4.78 is 11.7. The third-order valence-electron chi connectivity index (χ3n) is 1.48. The Bertz CT molecular complexity index is 319. The van der Waals surface area contributed by atoms with E-state index in [1.54, 1.807) is 10.8 Å². The van der Waals surface area contributed by atoms with E-state index >= 15 is 0 Å². The first-order valence-corrected chi connectivity index (χ1v) is 6.20.